The normalized spacial score (nSPS) is 9.24. The maximum absolute atomic E-state index is 11.3. The van der Waals surface area contributed by atoms with Crippen molar-refractivity contribution in [2.45, 2.75) is 6.42 Å². The molecular weight excluding hydrogens is 246 g/mol. The number of nitrogens with zero attached hydrogens (tertiary/aromatic N) is 1. The van der Waals surface area contributed by atoms with E-state index in [1.165, 1.54) is 12.1 Å². The largest absolute Gasteiger partial charge is 0.355 e. The number of nitro groups is 1. The van der Waals surface area contributed by atoms with Gasteiger partial charge in [-0.2, -0.15) is 0 Å². The lowest BCUT2D eigenvalue weighted by molar-refractivity contribution is -0.384. The van der Waals surface area contributed by atoms with Crippen LogP contribution in [-0.4, -0.2) is 23.9 Å². The SMILES string of the molecule is Cl.NCCNC(=O)Cc1ccc([N+](=O)[O-])cc1. The lowest BCUT2D eigenvalue weighted by Gasteiger charge is -2.03. The van der Waals surface area contributed by atoms with E-state index in [9.17, 15) is 14.9 Å². The second-order valence-electron chi connectivity index (χ2n) is 3.24. The van der Waals surface area contributed by atoms with Gasteiger partial charge in [-0.3, -0.25) is 14.9 Å². The van der Waals surface area contributed by atoms with E-state index < -0.39 is 4.92 Å². The quantitative estimate of drug-likeness (QED) is 0.599. The Balaban J connectivity index is 0.00000256. The smallest absolute Gasteiger partial charge is 0.269 e. The number of hydrogen-bond acceptors (Lipinski definition) is 4. The van der Waals surface area contributed by atoms with Crippen molar-refractivity contribution in [3.8, 4) is 0 Å². The molecule has 6 nitrogen and oxygen atoms in total. The van der Waals surface area contributed by atoms with E-state index in [1.807, 2.05) is 0 Å². The highest BCUT2D eigenvalue weighted by Crippen LogP contribution is 2.11. The summed E-state index contributed by atoms with van der Waals surface area (Å²) in [6.45, 7) is 0.831. The van der Waals surface area contributed by atoms with Gasteiger partial charge < -0.3 is 11.1 Å². The molecule has 0 aromatic heterocycles. The van der Waals surface area contributed by atoms with Crippen molar-refractivity contribution in [1.82, 2.24) is 5.32 Å². The average molecular weight is 260 g/mol. The summed E-state index contributed by atoms with van der Waals surface area (Å²) in [5.41, 5.74) is 5.99. The molecule has 7 heteroatoms. The van der Waals surface area contributed by atoms with Crippen LogP contribution in [-0.2, 0) is 11.2 Å². The molecule has 0 heterocycles. The van der Waals surface area contributed by atoms with Gasteiger partial charge in [0.25, 0.3) is 5.69 Å². The van der Waals surface area contributed by atoms with E-state index in [1.54, 1.807) is 12.1 Å². The average Bonchev–Trinajstić information content (AvgIpc) is 2.27. The predicted octanol–water partition coefficient (Wildman–Crippen LogP) is 0.634. The lowest BCUT2D eigenvalue weighted by atomic mass is 10.1. The zero-order chi connectivity index (χ0) is 12.0. The molecule has 0 radical (unpaired) electrons. The van der Waals surface area contributed by atoms with Gasteiger partial charge >= 0.3 is 0 Å². The van der Waals surface area contributed by atoms with Crippen molar-refractivity contribution in [3.05, 3.63) is 39.9 Å². The van der Waals surface area contributed by atoms with Crippen LogP contribution >= 0.6 is 12.4 Å². The van der Waals surface area contributed by atoms with Crippen molar-refractivity contribution in [3.63, 3.8) is 0 Å². The standard InChI is InChI=1S/C10H13N3O3.ClH/c11-5-6-12-10(14)7-8-1-3-9(4-2-8)13(15)16;/h1-4H,5-7,11H2,(H,12,14);1H. The molecule has 1 aromatic rings. The Morgan fingerprint density at radius 3 is 2.41 bits per heavy atom. The molecule has 1 rings (SSSR count). The van der Waals surface area contributed by atoms with Crippen molar-refractivity contribution in [2.75, 3.05) is 13.1 Å². The number of amides is 1. The number of carbonyl (C=O) groups excluding carboxylic acids is 1. The summed E-state index contributed by atoms with van der Waals surface area (Å²) < 4.78 is 0. The molecule has 0 saturated carbocycles. The molecule has 0 aliphatic carbocycles. The topological polar surface area (TPSA) is 98.3 Å². The van der Waals surface area contributed by atoms with Crippen molar-refractivity contribution < 1.29 is 9.72 Å². The fraction of sp³-hybridized carbons (Fsp3) is 0.300. The summed E-state index contributed by atoms with van der Waals surface area (Å²) in [4.78, 5) is 21.2. The minimum Gasteiger partial charge on any atom is -0.355 e. The van der Waals surface area contributed by atoms with Gasteiger partial charge in [-0.25, -0.2) is 0 Å². The molecule has 1 amide bonds. The second-order valence-corrected chi connectivity index (χ2v) is 3.24. The molecule has 0 aliphatic heterocycles. The highest BCUT2D eigenvalue weighted by Gasteiger charge is 2.06. The molecule has 0 aliphatic rings. The van der Waals surface area contributed by atoms with Crippen molar-refractivity contribution in [2.24, 2.45) is 5.73 Å². The third-order valence-corrected chi connectivity index (χ3v) is 1.98. The molecule has 0 saturated heterocycles. The fourth-order valence-corrected chi connectivity index (χ4v) is 1.19. The van der Waals surface area contributed by atoms with Crippen molar-refractivity contribution in [1.29, 1.82) is 0 Å². The summed E-state index contributed by atoms with van der Waals surface area (Å²) in [5.74, 6) is -0.140. The summed E-state index contributed by atoms with van der Waals surface area (Å²) in [6.07, 6.45) is 0.206. The Morgan fingerprint density at radius 1 is 1.35 bits per heavy atom. The zero-order valence-corrected chi connectivity index (χ0v) is 9.90. The van der Waals surface area contributed by atoms with Gasteiger partial charge in [0.1, 0.15) is 0 Å². The Labute approximate surface area is 105 Å². The maximum Gasteiger partial charge on any atom is 0.269 e. The number of nitro benzene ring substituents is 1. The Bertz CT molecular complexity index is 381. The molecule has 0 atom stereocenters. The lowest BCUT2D eigenvalue weighted by Crippen LogP contribution is -2.30. The number of benzene rings is 1. The number of rotatable bonds is 5. The first kappa shape index (κ1) is 15.3. The fourth-order valence-electron chi connectivity index (χ4n) is 1.19. The molecule has 0 bridgehead atoms. The van der Waals surface area contributed by atoms with E-state index >= 15 is 0 Å². The minimum absolute atomic E-state index is 0. The van der Waals surface area contributed by atoms with Crippen LogP contribution in [0.3, 0.4) is 0 Å². The van der Waals surface area contributed by atoms with Gasteiger partial charge in [0, 0.05) is 25.2 Å². The van der Waals surface area contributed by atoms with Crippen LogP contribution in [0.4, 0.5) is 5.69 Å². The monoisotopic (exact) mass is 259 g/mol. The van der Waals surface area contributed by atoms with Gasteiger partial charge in [-0.15, -0.1) is 12.4 Å². The third kappa shape index (κ3) is 5.28. The Kier molecular flexibility index (Phi) is 6.85. The molecule has 94 valence electrons. The summed E-state index contributed by atoms with van der Waals surface area (Å²) in [7, 11) is 0. The van der Waals surface area contributed by atoms with Crippen LogP contribution in [0.15, 0.2) is 24.3 Å². The molecular formula is C10H14ClN3O3. The molecule has 0 fully saturated rings. The first-order valence-electron chi connectivity index (χ1n) is 4.83. The third-order valence-electron chi connectivity index (χ3n) is 1.98. The number of nitrogens with two attached hydrogens (primary N) is 1. The number of carbonyl (C=O) groups is 1. The van der Waals surface area contributed by atoms with Gasteiger partial charge in [0.15, 0.2) is 0 Å². The molecule has 0 spiro atoms. The number of nitrogens with one attached hydrogen (secondary N) is 1. The molecule has 3 N–H and O–H groups in total. The van der Waals surface area contributed by atoms with Gasteiger partial charge in [-0.05, 0) is 5.56 Å². The highest BCUT2D eigenvalue weighted by atomic mass is 35.5. The van der Waals surface area contributed by atoms with E-state index in [-0.39, 0.29) is 30.4 Å². The molecule has 17 heavy (non-hydrogen) atoms. The van der Waals surface area contributed by atoms with Crippen LogP contribution in [0, 0.1) is 10.1 Å². The highest BCUT2D eigenvalue weighted by molar-refractivity contribution is 5.85. The number of hydrogen-bond donors (Lipinski definition) is 2. The van der Waals surface area contributed by atoms with E-state index in [2.05, 4.69) is 5.32 Å². The predicted molar refractivity (Wildman–Crippen MR) is 66.1 cm³/mol. The minimum atomic E-state index is -0.474. The van der Waals surface area contributed by atoms with E-state index in [0.717, 1.165) is 5.56 Å². The van der Waals surface area contributed by atoms with Gasteiger partial charge in [0.05, 0.1) is 11.3 Å². The van der Waals surface area contributed by atoms with Gasteiger partial charge in [0.2, 0.25) is 5.91 Å². The van der Waals surface area contributed by atoms with Crippen LogP contribution in [0.5, 0.6) is 0 Å². The molecule has 0 unspecified atom stereocenters. The Hall–Kier alpha value is -1.66. The summed E-state index contributed by atoms with van der Waals surface area (Å²) in [5, 5.41) is 13.0. The van der Waals surface area contributed by atoms with Crippen LogP contribution in [0.1, 0.15) is 5.56 Å². The first-order valence-corrected chi connectivity index (χ1v) is 4.83. The van der Waals surface area contributed by atoms with E-state index in [4.69, 9.17) is 5.73 Å². The molecule has 1 aromatic carbocycles. The number of halogens is 1. The van der Waals surface area contributed by atoms with E-state index in [0.29, 0.717) is 13.1 Å². The maximum atomic E-state index is 11.3. The second kappa shape index (κ2) is 7.59. The van der Waals surface area contributed by atoms with Gasteiger partial charge in [-0.1, -0.05) is 12.1 Å². The van der Waals surface area contributed by atoms with Crippen LogP contribution < -0.4 is 11.1 Å². The zero-order valence-electron chi connectivity index (χ0n) is 9.09. The first-order chi connectivity index (χ1) is 7.63. The summed E-state index contributed by atoms with van der Waals surface area (Å²) in [6, 6.07) is 5.90. The number of non-ortho nitro benzene ring substituents is 1. The van der Waals surface area contributed by atoms with Crippen LogP contribution in [0.25, 0.3) is 0 Å². The van der Waals surface area contributed by atoms with Crippen molar-refractivity contribution >= 4 is 24.0 Å². The van der Waals surface area contributed by atoms with Crippen LogP contribution in [0.2, 0.25) is 0 Å². The Morgan fingerprint density at radius 2 is 1.94 bits per heavy atom. The summed E-state index contributed by atoms with van der Waals surface area (Å²) >= 11 is 0.